The van der Waals surface area contributed by atoms with E-state index in [0.717, 1.165) is 18.0 Å². The maximum atomic E-state index is 12.1. The van der Waals surface area contributed by atoms with E-state index in [-0.39, 0.29) is 11.9 Å². The van der Waals surface area contributed by atoms with Gasteiger partial charge in [-0.15, -0.1) is 11.3 Å². The Morgan fingerprint density at radius 1 is 1.65 bits per heavy atom. The third-order valence-electron chi connectivity index (χ3n) is 3.12. The van der Waals surface area contributed by atoms with Crippen LogP contribution in [-0.2, 0) is 16.0 Å². The molecule has 4 heteroatoms. The minimum absolute atomic E-state index is 0.206. The predicted molar refractivity (Wildman–Crippen MR) is 69.5 cm³/mol. The van der Waals surface area contributed by atoms with E-state index in [4.69, 9.17) is 4.74 Å². The molecule has 0 aliphatic carbocycles. The molecule has 1 saturated heterocycles. The van der Waals surface area contributed by atoms with Gasteiger partial charge in [0, 0.05) is 30.4 Å². The van der Waals surface area contributed by atoms with Gasteiger partial charge in [0.25, 0.3) is 0 Å². The van der Waals surface area contributed by atoms with Gasteiger partial charge in [-0.25, -0.2) is 0 Å². The number of morpholine rings is 1. The third kappa shape index (κ3) is 3.37. The molecule has 0 saturated carbocycles. The van der Waals surface area contributed by atoms with Crippen LogP contribution in [0.25, 0.3) is 0 Å². The fraction of sp³-hybridized carbons (Fsp3) is 0.615. The highest BCUT2D eigenvalue weighted by Crippen LogP contribution is 2.14. The predicted octanol–water partition coefficient (Wildman–Crippen LogP) is 1.97. The van der Waals surface area contributed by atoms with Gasteiger partial charge in [-0.2, -0.15) is 0 Å². The molecular formula is C13H19NO2S. The van der Waals surface area contributed by atoms with E-state index >= 15 is 0 Å². The lowest BCUT2D eigenvalue weighted by Gasteiger charge is -2.34. The highest BCUT2D eigenvalue weighted by atomic mass is 32.1. The van der Waals surface area contributed by atoms with Gasteiger partial charge in [-0.3, -0.25) is 9.69 Å². The van der Waals surface area contributed by atoms with E-state index in [2.05, 4.69) is 18.7 Å². The molecule has 1 unspecified atom stereocenters. The third-order valence-corrected chi connectivity index (χ3v) is 3.99. The van der Waals surface area contributed by atoms with Crippen LogP contribution in [0, 0.1) is 0 Å². The average molecular weight is 253 g/mol. The van der Waals surface area contributed by atoms with Crippen molar-refractivity contribution in [3.8, 4) is 0 Å². The van der Waals surface area contributed by atoms with E-state index < -0.39 is 0 Å². The summed E-state index contributed by atoms with van der Waals surface area (Å²) in [5, 5.41) is 2.00. The fourth-order valence-corrected chi connectivity index (χ4v) is 2.75. The largest absolute Gasteiger partial charge is 0.368 e. The van der Waals surface area contributed by atoms with Crippen LogP contribution in [0.2, 0.25) is 0 Å². The molecule has 0 amide bonds. The first-order valence-corrected chi connectivity index (χ1v) is 6.95. The van der Waals surface area contributed by atoms with Crippen molar-refractivity contribution in [1.29, 1.82) is 0 Å². The summed E-state index contributed by atoms with van der Waals surface area (Å²) < 4.78 is 5.58. The van der Waals surface area contributed by atoms with E-state index in [9.17, 15) is 4.79 Å². The van der Waals surface area contributed by atoms with Gasteiger partial charge >= 0.3 is 0 Å². The number of ether oxygens (including phenoxy) is 1. The number of carbonyl (C=O) groups is 1. The Morgan fingerprint density at radius 3 is 3.12 bits per heavy atom. The molecule has 1 fully saturated rings. The molecule has 0 bridgehead atoms. The van der Waals surface area contributed by atoms with Crippen LogP contribution in [0.15, 0.2) is 17.5 Å². The second kappa shape index (κ2) is 5.76. The van der Waals surface area contributed by atoms with E-state index in [1.807, 2.05) is 17.5 Å². The lowest BCUT2D eigenvalue weighted by atomic mass is 10.1. The molecule has 1 atom stereocenters. The van der Waals surface area contributed by atoms with Crippen LogP contribution >= 0.6 is 11.3 Å². The van der Waals surface area contributed by atoms with E-state index in [1.165, 1.54) is 0 Å². The minimum atomic E-state index is -0.242. The maximum absolute atomic E-state index is 12.1. The van der Waals surface area contributed by atoms with Gasteiger partial charge in [0.05, 0.1) is 6.61 Å². The number of hydrogen-bond acceptors (Lipinski definition) is 4. The van der Waals surface area contributed by atoms with Crippen LogP contribution < -0.4 is 0 Å². The van der Waals surface area contributed by atoms with Gasteiger partial charge in [-0.1, -0.05) is 6.07 Å². The Kier molecular flexibility index (Phi) is 4.31. The quantitative estimate of drug-likeness (QED) is 0.821. The zero-order chi connectivity index (χ0) is 12.3. The fourth-order valence-electron chi connectivity index (χ4n) is 2.03. The second-order valence-corrected chi connectivity index (χ2v) is 5.70. The molecule has 94 valence electrons. The summed E-state index contributed by atoms with van der Waals surface area (Å²) in [4.78, 5) is 15.5. The Hall–Kier alpha value is -0.710. The van der Waals surface area contributed by atoms with Gasteiger partial charge < -0.3 is 4.74 Å². The lowest BCUT2D eigenvalue weighted by Crippen LogP contribution is -2.49. The van der Waals surface area contributed by atoms with Crippen molar-refractivity contribution in [2.45, 2.75) is 32.4 Å². The topological polar surface area (TPSA) is 29.5 Å². The highest BCUT2D eigenvalue weighted by molar-refractivity contribution is 7.10. The molecular weight excluding hydrogens is 234 g/mol. The number of ketones is 1. The van der Waals surface area contributed by atoms with Gasteiger partial charge in [0.2, 0.25) is 0 Å². The number of thiophene rings is 1. The smallest absolute Gasteiger partial charge is 0.168 e. The number of rotatable bonds is 4. The van der Waals surface area contributed by atoms with Crippen LogP contribution in [-0.4, -0.2) is 42.5 Å². The summed E-state index contributed by atoms with van der Waals surface area (Å²) >= 11 is 1.63. The number of carbonyl (C=O) groups excluding carboxylic acids is 1. The van der Waals surface area contributed by atoms with E-state index in [0.29, 0.717) is 19.1 Å². The average Bonchev–Trinajstić information content (AvgIpc) is 2.82. The SMILES string of the molecule is CC(C)N1CCOC(C(=O)Cc2cccs2)C1. The minimum Gasteiger partial charge on any atom is -0.368 e. The highest BCUT2D eigenvalue weighted by Gasteiger charge is 2.27. The zero-order valence-electron chi connectivity index (χ0n) is 10.4. The molecule has 1 aliphatic heterocycles. The van der Waals surface area contributed by atoms with Crippen molar-refractivity contribution >= 4 is 17.1 Å². The molecule has 17 heavy (non-hydrogen) atoms. The molecule has 2 rings (SSSR count). The summed E-state index contributed by atoms with van der Waals surface area (Å²) in [5.41, 5.74) is 0. The van der Waals surface area contributed by atoms with Crippen molar-refractivity contribution in [1.82, 2.24) is 4.90 Å². The van der Waals surface area contributed by atoms with Gasteiger partial charge in [0.15, 0.2) is 5.78 Å². The molecule has 2 heterocycles. The van der Waals surface area contributed by atoms with Crippen molar-refractivity contribution < 1.29 is 9.53 Å². The Labute approximate surface area is 106 Å². The molecule has 1 aromatic heterocycles. The monoisotopic (exact) mass is 253 g/mol. The zero-order valence-corrected chi connectivity index (χ0v) is 11.2. The first-order chi connectivity index (χ1) is 8.16. The normalized spacial score (nSPS) is 21.9. The Morgan fingerprint density at radius 2 is 2.47 bits per heavy atom. The number of Topliss-reactive ketones (excluding diaryl/α,β-unsaturated/α-hetero) is 1. The van der Waals surface area contributed by atoms with Gasteiger partial charge in [-0.05, 0) is 25.3 Å². The molecule has 0 N–H and O–H groups in total. The summed E-state index contributed by atoms with van der Waals surface area (Å²) in [6, 6.07) is 4.47. The summed E-state index contributed by atoms with van der Waals surface area (Å²) in [6.45, 7) is 6.65. The molecule has 0 spiro atoms. The van der Waals surface area contributed by atoms with Crippen molar-refractivity contribution in [3.63, 3.8) is 0 Å². The molecule has 3 nitrogen and oxygen atoms in total. The Balaban J connectivity index is 1.91. The lowest BCUT2D eigenvalue weighted by molar-refractivity contribution is -0.136. The molecule has 1 aliphatic rings. The summed E-state index contributed by atoms with van der Waals surface area (Å²) in [5.74, 6) is 0.206. The second-order valence-electron chi connectivity index (χ2n) is 4.67. The molecule has 1 aromatic rings. The standard InChI is InChI=1S/C13H19NO2S/c1-10(2)14-5-6-16-13(9-14)12(15)8-11-4-3-7-17-11/h3-4,7,10,13H,5-6,8-9H2,1-2H3. The number of nitrogens with zero attached hydrogens (tertiary/aromatic N) is 1. The van der Waals surface area contributed by atoms with Gasteiger partial charge in [0.1, 0.15) is 6.10 Å². The first kappa shape index (κ1) is 12.7. The van der Waals surface area contributed by atoms with Crippen molar-refractivity contribution in [2.24, 2.45) is 0 Å². The first-order valence-electron chi connectivity index (χ1n) is 6.07. The summed E-state index contributed by atoms with van der Waals surface area (Å²) in [6.07, 6.45) is 0.266. The molecule has 0 aromatic carbocycles. The maximum Gasteiger partial charge on any atom is 0.168 e. The van der Waals surface area contributed by atoms with Crippen molar-refractivity contribution in [3.05, 3.63) is 22.4 Å². The van der Waals surface area contributed by atoms with Crippen molar-refractivity contribution in [2.75, 3.05) is 19.7 Å². The van der Waals surface area contributed by atoms with E-state index in [1.54, 1.807) is 11.3 Å². The van der Waals surface area contributed by atoms with Crippen LogP contribution in [0.5, 0.6) is 0 Å². The van der Waals surface area contributed by atoms with Crippen LogP contribution in [0.4, 0.5) is 0 Å². The number of hydrogen-bond donors (Lipinski definition) is 0. The van der Waals surface area contributed by atoms with Crippen LogP contribution in [0.1, 0.15) is 18.7 Å². The van der Waals surface area contributed by atoms with Crippen LogP contribution in [0.3, 0.4) is 0 Å². The molecule has 0 radical (unpaired) electrons. The summed E-state index contributed by atoms with van der Waals surface area (Å²) in [7, 11) is 0. The Bertz CT molecular complexity index is 362.